The summed E-state index contributed by atoms with van der Waals surface area (Å²) in [6.07, 6.45) is 3.12. The lowest BCUT2D eigenvalue weighted by molar-refractivity contribution is 0.219. The van der Waals surface area contributed by atoms with Gasteiger partial charge < -0.3 is 10.1 Å². The summed E-state index contributed by atoms with van der Waals surface area (Å²) in [5.41, 5.74) is 0. The van der Waals surface area contributed by atoms with Crippen molar-refractivity contribution in [1.29, 1.82) is 0 Å². The summed E-state index contributed by atoms with van der Waals surface area (Å²) in [7, 11) is 1.92. The third-order valence-corrected chi connectivity index (χ3v) is 3.64. The highest BCUT2D eigenvalue weighted by atomic mass is 35.5. The first-order valence-electron chi connectivity index (χ1n) is 4.56. The molecule has 0 saturated heterocycles. The zero-order valence-electron chi connectivity index (χ0n) is 7.92. The molecule has 2 rings (SSSR count). The number of halogens is 1. The molecular weight excluding hydrogens is 218 g/mol. The van der Waals surface area contributed by atoms with Crippen molar-refractivity contribution in [2.75, 3.05) is 13.7 Å². The van der Waals surface area contributed by atoms with Crippen LogP contribution >= 0.6 is 22.9 Å². The van der Waals surface area contributed by atoms with E-state index < -0.39 is 0 Å². The highest BCUT2D eigenvalue weighted by molar-refractivity contribution is 7.10. The second-order valence-electron chi connectivity index (χ2n) is 3.10. The van der Waals surface area contributed by atoms with Crippen LogP contribution in [0.2, 0.25) is 5.02 Å². The van der Waals surface area contributed by atoms with Gasteiger partial charge in [0.1, 0.15) is 11.8 Å². The van der Waals surface area contributed by atoms with Gasteiger partial charge in [-0.2, -0.15) is 0 Å². The molecule has 1 N–H and O–H groups in total. The number of hydrogen-bond acceptors (Lipinski definition) is 3. The fourth-order valence-corrected chi connectivity index (χ4v) is 2.83. The molecular formula is C10H12ClNOS. The summed E-state index contributed by atoms with van der Waals surface area (Å²) in [5.74, 6) is 0.997. The molecule has 1 aliphatic rings. The van der Waals surface area contributed by atoms with E-state index >= 15 is 0 Å². The van der Waals surface area contributed by atoms with E-state index in [1.807, 2.05) is 18.5 Å². The van der Waals surface area contributed by atoms with Crippen LogP contribution in [0.1, 0.15) is 17.3 Å². The third-order valence-electron chi connectivity index (χ3n) is 2.21. The zero-order chi connectivity index (χ0) is 9.97. The molecule has 0 bridgehead atoms. The molecule has 4 heteroatoms. The maximum Gasteiger partial charge on any atom is 0.114 e. The first-order chi connectivity index (χ1) is 6.83. The number of nitrogens with one attached hydrogen (secondary N) is 1. The molecule has 1 unspecified atom stereocenters. The molecule has 1 aromatic heterocycles. The first-order valence-corrected chi connectivity index (χ1v) is 5.81. The summed E-state index contributed by atoms with van der Waals surface area (Å²) in [6, 6.07) is 2.03. The molecule has 0 amide bonds. The second kappa shape index (κ2) is 4.34. The Kier molecular flexibility index (Phi) is 3.11. The Morgan fingerprint density at radius 3 is 3.00 bits per heavy atom. The molecule has 1 aliphatic heterocycles. The molecule has 0 fully saturated rings. The van der Waals surface area contributed by atoms with Gasteiger partial charge in [-0.3, -0.25) is 0 Å². The summed E-state index contributed by atoms with van der Waals surface area (Å²) in [4.78, 5) is 1.13. The van der Waals surface area contributed by atoms with Crippen LogP contribution in [0, 0.1) is 0 Å². The van der Waals surface area contributed by atoms with Gasteiger partial charge in [-0.05, 0) is 24.6 Å². The van der Waals surface area contributed by atoms with E-state index in [0.29, 0.717) is 0 Å². The Morgan fingerprint density at radius 2 is 2.50 bits per heavy atom. The van der Waals surface area contributed by atoms with Crippen molar-refractivity contribution >= 4 is 22.9 Å². The maximum absolute atomic E-state index is 6.08. The van der Waals surface area contributed by atoms with Crippen LogP contribution in [-0.4, -0.2) is 13.7 Å². The monoisotopic (exact) mass is 229 g/mol. The molecule has 76 valence electrons. The van der Waals surface area contributed by atoms with E-state index in [4.69, 9.17) is 16.3 Å². The fourth-order valence-electron chi connectivity index (χ4n) is 1.55. The molecule has 0 aliphatic carbocycles. The van der Waals surface area contributed by atoms with Crippen molar-refractivity contribution in [3.8, 4) is 0 Å². The van der Waals surface area contributed by atoms with Crippen LogP contribution in [0.15, 0.2) is 23.3 Å². The van der Waals surface area contributed by atoms with Crippen LogP contribution in [0.5, 0.6) is 0 Å². The first kappa shape index (κ1) is 10.0. The Balaban J connectivity index is 2.25. The van der Waals surface area contributed by atoms with Gasteiger partial charge in [0.2, 0.25) is 0 Å². The summed E-state index contributed by atoms with van der Waals surface area (Å²) in [5, 5.41) is 6.03. The largest absolute Gasteiger partial charge is 0.496 e. The summed E-state index contributed by atoms with van der Waals surface area (Å²) < 4.78 is 5.53. The van der Waals surface area contributed by atoms with E-state index in [2.05, 4.69) is 11.4 Å². The molecule has 0 saturated carbocycles. The number of hydrogen-bond donors (Lipinski definition) is 1. The topological polar surface area (TPSA) is 21.3 Å². The van der Waals surface area contributed by atoms with Crippen LogP contribution < -0.4 is 5.32 Å². The number of rotatable bonds is 3. The Morgan fingerprint density at radius 1 is 1.64 bits per heavy atom. The average molecular weight is 230 g/mol. The fraction of sp³-hybridized carbons (Fsp3) is 0.400. The van der Waals surface area contributed by atoms with Crippen molar-refractivity contribution in [1.82, 2.24) is 5.32 Å². The molecule has 1 atom stereocenters. The van der Waals surface area contributed by atoms with E-state index in [0.717, 1.165) is 28.7 Å². The minimum Gasteiger partial charge on any atom is -0.496 e. The molecule has 0 radical (unpaired) electrons. The highest BCUT2D eigenvalue weighted by Gasteiger charge is 2.22. The minimum absolute atomic E-state index is 0.116. The van der Waals surface area contributed by atoms with Gasteiger partial charge in [-0.1, -0.05) is 11.6 Å². The van der Waals surface area contributed by atoms with E-state index in [1.165, 1.54) is 0 Å². The standard InChI is InChI=1S/C10H12ClNOS/c1-12-9(8-3-2-5-13-8)10-7(11)4-6-14-10/h3-4,6,9,12H,2,5H2,1H3. The molecule has 14 heavy (non-hydrogen) atoms. The van der Waals surface area contributed by atoms with Gasteiger partial charge >= 0.3 is 0 Å². The minimum atomic E-state index is 0.116. The quantitative estimate of drug-likeness (QED) is 0.861. The van der Waals surface area contributed by atoms with Gasteiger partial charge in [-0.15, -0.1) is 11.3 Å². The van der Waals surface area contributed by atoms with Crippen molar-refractivity contribution in [3.63, 3.8) is 0 Å². The predicted octanol–water partition coefficient (Wildman–Crippen LogP) is 2.97. The Hall–Kier alpha value is -0.510. The molecule has 1 aromatic rings. The van der Waals surface area contributed by atoms with Crippen molar-refractivity contribution in [3.05, 3.63) is 33.2 Å². The lowest BCUT2D eigenvalue weighted by Crippen LogP contribution is -2.18. The van der Waals surface area contributed by atoms with Crippen LogP contribution in [0.3, 0.4) is 0 Å². The predicted molar refractivity (Wildman–Crippen MR) is 59.8 cm³/mol. The molecule has 0 spiro atoms. The van der Waals surface area contributed by atoms with Gasteiger partial charge in [-0.25, -0.2) is 0 Å². The smallest absolute Gasteiger partial charge is 0.114 e. The summed E-state index contributed by atoms with van der Waals surface area (Å²) >= 11 is 7.73. The normalized spacial score (nSPS) is 17.7. The number of ether oxygens (including phenoxy) is 1. The number of likely N-dealkylation sites (N-methyl/N-ethyl adjacent to an activating group) is 1. The second-order valence-corrected chi connectivity index (χ2v) is 4.45. The highest BCUT2D eigenvalue weighted by Crippen LogP contribution is 2.34. The van der Waals surface area contributed by atoms with Crippen molar-refractivity contribution in [2.24, 2.45) is 0 Å². The van der Waals surface area contributed by atoms with Crippen molar-refractivity contribution < 1.29 is 4.74 Å². The Labute approximate surface area is 92.5 Å². The van der Waals surface area contributed by atoms with Crippen LogP contribution in [0.25, 0.3) is 0 Å². The van der Waals surface area contributed by atoms with E-state index in [1.54, 1.807) is 11.3 Å². The zero-order valence-corrected chi connectivity index (χ0v) is 9.49. The van der Waals surface area contributed by atoms with Gasteiger partial charge in [0, 0.05) is 11.3 Å². The Bertz CT molecular complexity index is 348. The summed E-state index contributed by atoms with van der Waals surface area (Å²) in [6.45, 7) is 0.788. The molecule has 2 nitrogen and oxygen atoms in total. The molecule has 2 heterocycles. The van der Waals surface area contributed by atoms with E-state index in [9.17, 15) is 0 Å². The molecule has 0 aromatic carbocycles. The average Bonchev–Trinajstić information content (AvgIpc) is 2.80. The van der Waals surface area contributed by atoms with Gasteiger partial charge in [0.15, 0.2) is 0 Å². The van der Waals surface area contributed by atoms with Crippen LogP contribution in [0.4, 0.5) is 0 Å². The van der Waals surface area contributed by atoms with E-state index in [-0.39, 0.29) is 6.04 Å². The van der Waals surface area contributed by atoms with Gasteiger partial charge in [0.05, 0.1) is 11.6 Å². The lowest BCUT2D eigenvalue weighted by atomic mass is 10.2. The van der Waals surface area contributed by atoms with Crippen LogP contribution in [-0.2, 0) is 4.74 Å². The van der Waals surface area contributed by atoms with Gasteiger partial charge in [0.25, 0.3) is 0 Å². The number of thiophene rings is 1. The van der Waals surface area contributed by atoms with Crippen molar-refractivity contribution in [2.45, 2.75) is 12.5 Å². The maximum atomic E-state index is 6.08. The third kappa shape index (κ3) is 1.80. The SMILES string of the molecule is CNC(C1=CCCO1)c1sccc1Cl. The lowest BCUT2D eigenvalue weighted by Gasteiger charge is -2.16.